The van der Waals surface area contributed by atoms with Gasteiger partial charge in [0.25, 0.3) is 0 Å². The molecule has 1 fully saturated rings. The SMILES string of the molecule is CCCN(c1ccc(C(COC)CC(=O)O)cc1Nc1ccc(Cl)cc1)C1CCS(=O)(=O)CC1. The highest BCUT2D eigenvalue weighted by Gasteiger charge is 2.29. The topological polar surface area (TPSA) is 95.9 Å². The third-order valence-corrected chi connectivity index (χ3v) is 8.11. The number of ether oxygens (including phenoxy) is 1. The first-order chi connectivity index (χ1) is 16.2. The minimum absolute atomic E-state index is 0.0350. The fourth-order valence-electron chi connectivity index (χ4n) is 4.46. The maximum Gasteiger partial charge on any atom is 0.304 e. The van der Waals surface area contributed by atoms with E-state index < -0.39 is 15.8 Å². The molecule has 2 aromatic rings. The maximum atomic E-state index is 12.0. The number of carboxylic acid groups (broad SMARTS) is 1. The molecule has 2 N–H and O–H groups in total. The second-order valence-electron chi connectivity index (χ2n) is 8.73. The van der Waals surface area contributed by atoms with Crippen LogP contribution in [0.3, 0.4) is 0 Å². The molecule has 0 radical (unpaired) electrons. The summed E-state index contributed by atoms with van der Waals surface area (Å²) >= 11 is 6.06. The van der Waals surface area contributed by atoms with Crippen LogP contribution in [0, 0.1) is 0 Å². The summed E-state index contributed by atoms with van der Waals surface area (Å²) in [5, 5.41) is 13.5. The largest absolute Gasteiger partial charge is 0.481 e. The van der Waals surface area contributed by atoms with Crippen LogP contribution in [0.4, 0.5) is 17.1 Å². The van der Waals surface area contributed by atoms with E-state index in [2.05, 4.69) is 17.1 Å². The molecule has 1 saturated heterocycles. The summed E-state index contributed by atoms with van der Waals surface area (Å²) < 4.78 is 29.3. The molecule has 1 unspecified atom stereocenters. The first-order valence-electron chi connectivity index (χ1n) is 11.6. The monoisotopic (exact) mass is 508 g/mol. The molecule has 0 aliphatic carbocycles. The first-order valence-corrected chi connectivity index (χ1v) is 13.8. The fraction of sp³-hybridized carbons (Fsp3) is 0.480. The molecule has 7 nitrogen and oxygen atoms in total. The Morgan fingerprint density at radius 2 is 1.88 bits per heavy atom. The zero-order chi connectivity index (χ0) is 24.7. The van der Waals surface area contributed by atoms with Crippen molar-refractivity contribution in [3.63, 3.8) is 0 Å². The van der Waals surface area contributed by atoms with Gasteiger partial charge in [0.2, 0.25) is 0 Å². The molecular weight excluding hydrogens is 476 g/mol. The third-order valence-electron chi connectivity index (χ3n) is 6.14. The third kappa shape index (κ3) is 7.10. The van der Waals surface area contributed by atoms with Gasteiger partial charge in [-0.15, -0.1) is 0 Å². The van der Waals surface area contributed by atoms with E-state index in [1.54, 1.807) is 19.2 Å². The van der Waals surface area contributed by atoms with Gasteiger partial charge in [0, 0.05) is 36.3 Å². The number of hydrogen-bond acceptors (Lipinski definition) is 6. The van der Waals surface area contributed by atoms with Gasteiger partial charge < -0.3 is 20.1 Å². The minimum atomic E-state index is -2.97. The Balaban J connectivity index is 2.02. The number of anilines is 3. The van der Waals surface area contributed by atoms with Crippen LogP contribution in [-0.2, 0) is 19.4 Å². The van der Waals surface area contributed by atoms with Crippen molar-refractivity contribution in [2.75, 3.05) is 42.0 Å². The number of carbonyl (C=O) groups is 1. The Labute approximate surface area is 207 Å². The molecule has 1 aliphatic heterocycles. The quantitative estimate of drug-likeness (QED) is 0.436. The number of nitrogens with one attached hydrogen (secondary N) is 1. The molecule has 0 bridgehead atoms. The molecule has 1 atom stereocenters. The van der Waals surface area contributed by atoms with E-state index in [1.807, 2.05) is 30.3 Å². The van der Waals surface area contributed by atoms with Crippen LogP contribution in [0.15, 0.2) is 42.5 Å². The number of rotatable bonds is 11. The normalized spacial score (nSPS) is 16.7. The second-order valence-corrected chi connectivity index (χ2v) is 11.5. The lowest BCUT2D eigenvalue weighted by Crippen LogP contribution is -2.42. The summed E-state index contributed by atoms with van der Waals surface area (Å²) in [6.07, 6.45) is 2.06. The predicted molar refractivity (Wildman–Crippen MR) is 137 cm³/mol. The van der Waals surface area contributed by atoms with E-state index in [9.17, 15) is 18.3 Å². The fourth-order valence-corrected chi connectivity index (χ4v) is 6.05. The molecule has 1 heterocycles. The summed E-state index contributed by atoms with van der Waals surface area (Å²) in [6, 6.07) is 13.5. The highest BCUT2D eigenvalue weighted by molar-refractivity contribution is 7.91. The van der Waals surface area contributed by atoms with Gasteiger partial charge >= 0.3 is 5.97 Å². The Bertz CT molecular complexity index is 1060. The zero-order valence-corrected chi connectivity index (χ0v) is 21.2. The highest BCUT2D eigenvalue weighted by Crippen LogP contribution is 2.36. The van der Waals surface area contributed by atoms with Crippen molar-refractivity contribution in [1.29, 1.82) is 0 Å². The highest BCUT2D eigenvalue weighted by atomic mass is 35.5. The lowest BCUT2D eigenvalue weighted by Gasteiger charge is -2.37. The molecule has 9 heteroatoms. The summed E-state index contributed by atoms with van der Waals surface area (Å²) in [5.41, 5.74) is 3.53. The summed E-state index contributed by atoms with van der Waals surface area (Å²) in [7, 11) is -1.40. The lowest BCUT2D eigenvalue weighted by atomic mass is 9.95. The van der Waals surface area contributed by atoms with Crippen molar-refractivity contribution in [2.24, 2.45) is 0 Å². The molecule has 0 aromatic heterocycles. The van der Waals surface area contributed by atoms with Crippen molar-refractivity contribution in [3.05, 3.63) is 53.1 Å². The average Bonchev–Trinajstić information content (AvgIpc) is 2.79. The smallest absolute Gasteiger partial charge is 0.304 e. The number of sulfone groups is 1. The Morgan fingerprint density at radius 3 is 2.47 bits per heavy atom. The number of methoxy groups -OCH3 is 1. The Hall–Kier alpha value is -2.29. The molecule has 1 aliphatic rings. The number of halogens is 1. The Morgan fingerprint density at radius 1 is 1.21 bits per heavy atom. The van der Waals surface area contributed by atoms with Crippen molar-refractivity contribution in [2.45, 2.75) is 44.6 Å². The molecule has 186 valence electrons. The second kappa shape index (κ2) is 11.9. The molecule has 2 aromatic carbocycles. The standard InChI is InChI=1S/C25H33ClN2O5S/c1-3-12-28(22-10-13-34(31,32)14-11-22)24-9-4-18(19(17-33-2)16-25(29)30)15-23(24)27-21-7-5-20(26)6-8-21/h4-9,15,19,22,27H,3,10-14,16-17H2,1-2H3,(H,29,30). The van der Waals surface area contributed by atoms with Crippen molar-refractivity contribution < 1.29 is 23.1 Å². The van der Waals surface area contributed by atoms with Crippen LogP contribution in [0.25, 0.3) is 0 Å². The van der Waals surface area contributed by atoms with Gasteiger partial charge in [-0.3, -0.25) is 4.79 Å². The zero-order valence-electron chi connectivity index (χ0n) is 19.7. The molecule has 0 saturated carbocycles. The van der Waals surface area contributed by atoms with Crippen LogP contribution in [0.2, 0.25) is 5.02 Å². The average molecular weight is 509 g/mol. The van der Waals surface area contributed by atoms with Gasteiger partial charge in [0.05, 0.1) is 35.9 Å². The molecular formula is C25H33ClN2O5S. The number of carboxylic acids is 1. The lowest BCUT2D eigenvalue weighted by molar-refractivity contribution is -0.137. The number of hydrogen-bond donors (Lipinski definition) is 2. The molecule has 34 heavy (non-hydrogen) atoms. The van der Waals surface area contributed by atoms with Crippen LogP contribution in [0.5, 0.6) is 0 Å². The van der Waals surface area contributed by atoms with Gasteiger partial charge in [-0.2, -0.15) is 0 Å². The van der Waals surface area contributed by atoms with E-state index in [4.69, 9.17) is 16.3 Å². The van der Waals surface area contributed by atoms with Crippen LogP contribution < -0.4 is 10.2 Å². The number of benzene rings is 2. The van der Waals surface area contributed by atoms with Crippen LogP contribution >= 0.6 is 11.6 Å². The van der Waals surface area contributed by atoms with Gasteiger partial charge in [0.15, 0.2) is 0 Å². The maximum absolute atomic E-state index is 12.0. The van der Waals surface area contributed by atoms with E-state index in [-0.39, 0.29) is 29.9 Å². The van der Waals surface area contributed by atoms with Gasteiger partial charge in [-0.05, 0) is 61.2 Å². The van der Waals surface area contributed by atoms with Gasteiger partial charge in [0.1, 0.15) is 9.84 Å². The summed E-state index contributed by atoms with van der Waals surface area (Å²) in [5.74, 6) is -0.773. The Kier molecular flexibility index (Phi) is 9.22. The predicted octanol–water partition coefficient (Wildman–Crippen LogP) is 5.08. The first kappa shape index (κ1) is 26.3. The van der Waals surface area contributed by atoms with E-state index >= 15 is 0 Å². The van der Waals surface area contributed by atoms with Gasteiger partial charge in [-0.1, -0.05) is 24.6 Å². The van der Waals surface area contributed by atoms with E-state index in [1.165, 1.54) is 0 Å². The molecule has 3 rings (SSSR count). The van der Waals surface area contributed by atoms with Crippen molar-refractivity contribution in [1.82, 2.24) is 0 Å². The summed E-state index contributed by atoms with van der Waals surface area (Å²) in [6.45, 7) is 3.19. The van der Waals surface area contributed by atoms with Crippen molar-refractivity contribution in [3.8, 4) is 0 Å². The summed E-state index contributed by atoms with van der Waals surface area (Å²) in [4.78, 5) is 13.7. The minimum Gasteiger partial charge on any atom is -0.481 e. The van der Waals surface area contributed by atoms with Crippen LogP contribution in [-0.4, -0.2) is 57.3 Å². The molecule has 0 spiro atoms. The molecule has 0 amide bonds. The number of aliphatic carboxylic acids is 1. The van der Waals surface area contributed by atoms with E-state index in [0.29, 0.717) is 24.5 Å². The number of nitrogens with zero attached hydrogens (tertiary/aromatic N) is 1. The van der Waals surface area contributed by atoms with Crippen LogP contribution in [0.1, 0.15) is 44.1 Å². The van der Waals surface area contributed by atoms with Gasteiger partial charge in [-0.25, -0.2) is 8.42 Å². The van der Waals surface area contributed by atoms with E-state index in [0.717, 1.165) is 35.6 Å². The van der Waals surface area contributed by atoms with Crippen molar-refractivity contribution >= 4 is 44.5 Å².